The summed E-state index contributed by atoms with van der Waals surface area (Å²) in [5, 5.41) is 18.8. The number of imidazole rings is 1. The van der Waals surface area contributed by atoms with Gasteiger partial charge in [0.05, 0.1) is 19.0 Å². The van der Waals surface area contributed by atoms with Crippen molar-refractivity contribution in [3.63, 3.8) is 0 Å². The van der Waals surface area contributed by atoms with E-state index in [1.807, 2.05) is 0 Å². The first-order valence-electron chi connectivity index (χ1n) is 5.58. The monoisotopic (exact) mass is 251 g/mol. The van der Waals surface area contributed by atoms with Crippen LogP contribution >= 0.6 is 0 Å². The van der Waals surface area contributed by atoms with Gasteiger partial charge in [-0.3, -0.25) is 4.57 Å². The van der Waals surface area contributed by atoms with Gasteiger partial charge in [0.25, 0.3) is 0 Å². The van der Waals surface area contributed by atoms with E-state index < -0.39 is 18.4 Å². The number of nitrogens with zero attached hydrogens (tertiary/aromatic N) is 4. The van der Waals surface area contributed by atoms with Crippen LogP contribution in [-0.2, 0) is 4.74 Å². The van der Waals surface area contributed by atoms with Crippen LogP contribution in [0.1, 0.15) is 12.6 Å². The third-order valence-electron chi connectivity index (χ3n) is 3.08. The zero-order valence-electron chi connectivity index (χ0n) is 9.47. The Hall–Kier alpha value is -1.77. The second kappa shape index (κ2) is 4.16. The molecule has 1 aliphatic heterocycles. The number of anilines is 1. The van der Waals surface area contributed by atoms with Gasteiger partial charge in [0, 0.05) is 6.42 Å². The molecule has 0 saturated carbocycles. The molecule has 2 aromatic rings. The van der Waals surface area contributed by atoms with E-state index in [9.17, 15) is 5.11 Å². The van der Waals surface area contributed by atoms with Crippen LogP contribution in [0.3, 0.4) is 0 Å². The van der Waals surface area contributed by atoms with E-state index in [-0.39, 0.29) is 6.61 Å². The first kappa shape index (κ1) is 11.3. The molecule has 0 aliphatic carbocycles. The Balaban J connectivity index is 1.99. The van der Waals surface area contributed by atoms with Crippen LogP contribution in [0.4, 0.5) is 5.82 Å². The van der Waals surface area contributed by atoms with Crippen molar-refractivity contribution in [1.82, 2.24) is 19.5 Å². The average Bonchev–Trinajstić information content (AvgIpc) is 2.93. The smallest absolute Gasteiger partial charge is 0.167 e. The van der Waals surface area contributed by atoms with Crippen LogP contribution in [0.25, 0.3) is 11.2 Å². The SMILES string of the molecule is Nc1ncnc2c1ncn2[C@@H]1C[C@H](O)[C@@H](CO)O1. The molecule has 1 fully saturated rings. The molecule has 3 rings (SSSR count). The number of nitrogens with two attached hydrogens (primary N) is 1. The minimum Gasteiger partial charge on any atom is -0.394 e. The lowest BCUT2D eigenvalue weighted by atomic mass is 10.2. The van der Waals surface area contributed by atoms with Gasteiger partial charge < -0.3 is 20.7 Å². The summed E-state index contributed by atoms with van der Waals surface area (Å²) in [7, 11) is 0. The highest BCUT2D eigenvalue weighted by molar-refractivity contribution is 5.81. The Labute approximate surface area is 102 Å². The molecule has 0 amide bonds. The summed E-state index contributed by atoms with van der Waals surface area (Å²) >= 11 is 0. The van der Waals surface area contributed by atoms with Crippen molar-refractivity contribution < 1.29 is 14.9 Å². The van der Waals surface area contributed by atoms with Crippen molar-refractivity contribution in [3.05, 3.63) is 12.7 Å². The van der Waals surface area contributed by atoms with Crippen molar-refractivity contribution in [2.45, 2.75) is 24.9 Å². The third-order valence-corrected chi connectivity index (χ3v) is 3.08. The first-order chi connectivity index (χ1) is 8.70. The van der Waals surface area contributed by atoms with E-state index in [4.69, 9.17) is 15.6 Å². The summed E-state index contributed by atoms with van der Waals surface area (Å²) in [4.78, 5) is 12.1. The number of ether oxygens (including phenoxy) is 1. The van der Waals surface area contributed by atoms with E-state index >= 15 is 0 Å². The highest BCUT2D eigenvalue weighted by Gasteiger charge is 2.35. The van der Waals surface area contributed by atoms with Crippen LogP contribution in [0.15, 0.2) is 12.7 Å². The Morgan fingerprint density at radius 2 is 2.28 bits per heavy atom. The van der Waals surface area contributed by atoms with Gasteiger partial charge >= 0.3 is 0 Å². The van der Waals surface area contributed by atoms with Gasteiger partial charge in [-0.05, 0) is 0 Å². The zero-order chi connectivity index (χ0) is 12.7. The number of hydrogen-bond acceptors (Lipinski definition) is 7. The Kier molecular flexibility index (Phi) is 2.62. The number of aromatic nitrogens is 4. The molecule has 0 aromatic carbocycles. The largest absolute Gasteiger partial charge is 0.394 e. The van der Waals surface area contributed by atoms with Gasteiger partial charge in [-0.25, -0.2) is 15.0 Å². The Morgan fingerprint density at radius 1 is 1.44 bits per heavy atom. The molecule has 2 aromatic heterocycles. The molecule has 18 heavy (non-hydrogen) atoms. The molecule has 3 heterocycles. The van der Waals surface area contributed by atoms with Gasteiger partial charge in [-0.1, -0.05) is 0 Å². The number of aliphatic hydroxyl groups excluding tert-OH is 2. The maximum Gasteiger partial charge on any atom is 0.167 e. The highest BCUT2D eigenvalue weighted by atomic mass is 16.5. The van der Waals surface area contributed by atoms with E-state index in [2.05, 4.69) is 15.0 Å². The summed E-state index contributed by atoms with van der Waals surface area (Å²) in [6, 6.07) is 0. The number of rotatable bonds is 2. The molecular weight excluding hydrogens is 238 g/mol. The molecule has 0 bridgehead atoms. The van der Waals surface area contributed by atoms with Crippen molar-refractivity contribution in [2.24, 2.45) is 0 Å². The lowest BCUT2D eigenvalue weighted by Gasteiger charge is -2.13. The fourth-order valence-corrected chi connectivity index (χ4v) is 2.13. The van der Waals surface area contributed by atoms with E-state index in [0.717, 1.165) is 0 Å². The summed E-state index contributed by atoms with van der Waals surface area (Å²) in [5.74, 6) is 0.302. The van der Waals surface area contributed by atoms with Gasteiger partial charge in [-0.15, -0.1) is 0 Å². The fourth-order valence-electron chi connectivity index (χ4n) is 2.13. The van der Waals surface area contributed by atoms with Crippen molar-refractivity contribution in [3.8, 4) is 0 Å². The number of hydrogen-bond donors (Lipinski definition) is 3. The quantitative estimate of drug-likeness (QED) is 0.629. The minimum atomic E-state index is -0.698. The van der Waals surface area contributed by atoms with Gasteiger partial charge in [-0.2, -0.15) is 0 Å². The maximum atomic E-state index is 9.71. The maximum absolute atomic E-state index is 9.71. The second-order valence-corrected chi connectivity index (χ2v) is 4.20. The molecular formula is C10H13N5O3. The van der Waals surface area contributed by atoms with E-state index in [1.54, 1.807) is 10.9 Å². The van der Waals surface area contributed by atoms with Crippen molar-refractivity contribution in [1.29, 1.82) is 0 Å². The normalized spacial score (nSPS) is 28.0. The molecule has 4 N–H and O–H groups in total. The van der Waals surface area contributed by atoms with Gasteiger partial charge in [0.15, 0.2) is 11.5 Å². The fraction of sp³-hybridized carbons (Fsp3) is 0.500. The average molecular weight is 251 g/mol. The van der Waals surface area contributed by atoms with Crippen molar-refractivity contribution >= 4 is 17.0 Å². The predicted octanol–water partition coefficient (Wildman–Crippen LogP) is -0.951. The van der Waals surface area contributed by atoms with E-state index in [0.29, 0.717) is 23.4 Å². The molecule has 0 spiro atoms. The van der Waals surface area contributed by atoms with Crippen LogP contribution in [0, 0.1) is 0 Å². The van der Waals surface area contributed by atoms with Crippen LogP contribution < -0.4 is 5.73 Å². The molecule has 3 atom stereocenters. The summed E-state index contributed by atoms with van der Waals surface area (Å²) in [6.07, 6.45) is 1.60. The summed E-state index contributed by atoms with van der Waals surface area (Å²) in [5.41, 5.74) is 6.75. The standard InChI is InChI=1S/C10H13N5O3/c11-9-8-10(13-3-12-9)15(4-14-8)7-1-5(17)6(2-16)18-7/h3-7,16-17H,1-2H2,(H2,11,12,13)/t5-,6+,7-/m0/s1. The molecule has 8 heteroatoms. The molecule has 8 nitrogen and oxygen atoms in total. The van der Waals surface area contributed by atoms with Crippen molar-refractivity contribution in [2.75, 3.05) is 12.3 Å². The molecule has 96 valence electrons. The highest BCUT2D eigenvalue weighted by Crippen LogP contribution is 2.30. The van der Waals surface area contributed by atoms with Gasteiger partial charge in [0.1, 0.15) is 24.2 Å². The Morgan fingerprint density at radius 3 is 3.00 bits per heavy atom. The topological polar surface area (TPSA) is 119 Å². The summed E-state index contributed by atoms with van der Waals surface area (Å²) in [6.45, 7) is -0.221. The lowest BCUT2D eigenvalue weighted by molar-refractivity contribution is -0.0432. The molecule has 0 radical (unpaired) electrons. The Bertz CT molecular complexity index is 572. The van der Waals surface area contributed by atoms with Crippen LogP contribution in [0.5, 0.6) is 0 Å². The molecule has 1 aliphatic rings. The number of aliphatic hydroxyl groups is 2. The summed E-state index contributed by atoms with van der Waals surface area (Å²) < 4.78 is 7.22. The third kappa shape index (κ3) is 1.62. The molecule has 0 unspecified atom stereocenters. The zero-order valence-corrected chi connectivity index (χ0v) is 9.47. The van der Waals surface area contributed by atoms with Gasteiger partial charge in [0.2, 0.25) is 0 Å². The van der Waals surface area contributed by atoms with E-state index in [1.165, 1.54) is 6.33 Å². The first-order valence-corrected chi connectivity index (χ1v) is 5.58. The minimum absolute atomic E-state index is 0.221. The second-order valence-electron chi connectivity index (χ2n) is 4.20. The number of nitrogen functional groups attached to an aromatic ring is 1. The van der Waals surface area contributed by atoms with Crippen LogP contribution in [-0.4, -0.2) is 48.5 Å². The van der Waals surface area contributed by atoms with Crippen LogP contribution in [0.2, 0.25) is 0 Å². The number of fused-ring (bicyclic) bond motifs is 1. The predicted molar refractivity (Wildman–Crippen MR) is 61.4 cm³/mol. The molecule has 1 saturated heterocycles. The lowest BCUT2D eigenvalue weighted by Crippen LogP contribution is -2.24.